The zero-order chi connectivity index (χ0) is 12.3. The Morgan fingerprint density at radius 3 is 2.56 bits per heavy atom. The van der Waals surface area contributed by atoms with Gasteiger partial charge >= 0.3 is 0 Å². The van der Waals surface area contributed by atoms with Gasteiger partial charge in [0.25, 0.3) is 5.91 Å². The molecule has 5 nitrogen and oxygen atoms in total. The van der Waals surface area contributed by atoms with Crippen molar-refractivity contribution in [3.63, 3.8) is 0 Å². The van der Waals surface area contributed by atoms with Gasteiger partial charge in [-0.05, 0) is 25.1 Å². The summed E-state index contributed by atoms with van der Waals surface area (Å²) in [5.74, 6) is -2.05. The van der Waals surface area contributed by atoms with Gasteiger partial charge in [0, 0.05) is 5.69 Å². The second-order valence-corrected chi connectivity index (χ2v) is 3.34. The lowest BCUT2D eigenvalue weighted by Gasteiger charge is -2.08. The number of rotatable bonds is 3. The molecular weight excluding hydrogens is 213 g/mol. The maximum Gasteiger partial charge on any atom is 0.251 e. The van der Waals surface area contributed by atoms with Crippen LogP contribution in [0, 0.1) is 5.82 Å². The van der Waals surface area contributed by atoms with Crippen LogP contribution in [0.2, 0.25) is 0 Å². The van der Waals surface area contributed by atoms with Gasteiger partial charge in [-0.15, -0.1) is 0 Å². The third kappa shape index (κ3) is 2.77. The molecule has 0 saturated carbocycles. The van der Waals surface area contributed by atoms with Crippen molar-refractivity contribution in [3.05, 3.63) is 29.6 Å². The van der Waals surface area contributed by atoms with Crippen molar-refractivity contribution < 1.29 is 14.0 Å². The van der Waals surface area contributed by atoms with Crippen LogP contribution in [0.15, 0.2) is 18.2 Å². The molecular formula is C10H12FN3O2. The molecule has 1 atom stereocenters. The number of carbonyl (C=O) groups excluding carboxylic acids is 2. The second kappa shape index (κ2) is 4.71. The molecule has 0 aliphatic rings. The predicted octanol–water partition coefficient (Wildman–Crippen LogP) is 0.210. The van der Waals surface area contributed by atoms with Crippen LogP contribution in [0.4, 0.5) is 10.1 Å². The first kappa shape index (κ1) is 12.1. The van der Waals surface area contributed by atoms with E-state index in [0.29, 0.717) is 0 Å². The first-order valence-electron chi connectivity index (χ1n) is 4.57. The van der Waals surface area contributed by atoms with Gasteiger partial charge in [0.1, 0.15) is 5.82 Å². The van der Waals surface area contributed by atoms with Crippen LogP contribution in [0.5, 0.6) is 0 Å². The third-order valence-electron chi connectivity index (χ3n) is 1.91. The number of nitrogens with one attached hydrogen (secondary N) is 1. The Labute approximate surface area is 91.6 Å². The average molecular weight is 225 g/mol. The largest absolute Gasteiger partial charge is 0.366 e. The predicted molar refractivity (Wildman–Crippen MR) is 57.2 cm³/mol. The van der Waals surface area contributed by atoms with Crippen molar-refractivity contribution in [2.75, 3.05) is 5.32 Å². The fourth-order valence-corrected chi connectivity index (χ4v) is 1.05. The highest BCUT2D eigenvalue weighted by atomic mass is 19.1. The smallest absolute Gasteiger partial charge is 0.251 e. The van der Waals surface area contributed by atoms with E-state index in [1.165, 1.54) is 13.0 Å². The van der Waals surface area contributed by atoms with Crippen LogP contribution in [0.25, 0.3) is 0 Å². The Bertz CT molecular complexity index is 432. The van der Waals surface area contributed by atoms with E-state index >= 15 is 0 Å². The normalized spacial score (nSPS) is 11.9. The highest BCUT2D eigenvalue weighted by Crippen LogP contribution is 2.14. The summed E-state index contributed by atoms with van der Waals surface area (Å²) in [5.41, 5.74) is 10.3. The zero-order valence-electron chi connectivity index (χ0n) is 8.66. The lowest BCUT2D eigenvalue weighted by molar-refractivity contribution is -0.117. The monoisotopic (exact) mass is 225 g/mol. The first-order chi connectivity index (χ1) is 7.41. The van der Waals surface area contributed by atoms with Crippen LogP contribution >= 0.6 is 0 Å². The molecule has 1 aromatic carbocycles. The summed E-state index contributed by atoms with van der Waals surface area (Å²) >= 11 is 0. The Hall–Kier alpha value is -1.95. The Balaban J connectivity index is 2.95. The molecule has 0 unspecified atom stereocenters. The van der Waals surface area contributed by atoms with Crippen molar-refractivity contribution in [1.82, 2.24) is 0 Å². The molecule has 0 bridgehead atoms. The number of nitrogens with two attached hydrogens (primary N) is 2. The van der Waals surface area contributed by atoms with E-state index < -0.39 is 23.7 Å². The van der Waals surface area contributed by atoms with E-state index in [4.69, 9.17) is 11.5 Å². The fourth-order valence-electron chi connectivity index (χ4n) is 1.05. The molecule has 1 rings (SSSR count). The summed E-state index contributed by atoms with van der Waals surface area (Å²) in [5, 5.41) is 2.43. The third-order valence-corrected chi connectivity index (χ3v) is 1.91. The number of anilines is 1. The molecule has 6 heteroatoms. The van der Waals surface area contributed by atoms with Crippen molar-refractivity contribution in [2.24, 2.45) is 11.5 Å². The van der Waals surface area contributed by atoms with Gasteiger partial charge < -0.3 is 16.8 Å². The van der Waals surface area contributed by atoms with Crippen molar-refractivity contribution in [1.29, 1.82) is 0 Å². The van der Waals surface area contributed by atoms with Crippen LogP contribution in [0.1, 0.15) is 17.3 Å². The molecule has 16 heavy (non-hydrogen) atoms. The lowest BCUT2D eigenvalue weighted by atomic mass is 10.1. The van der Waals surface area contributed by atoms with Gasteiger partial charge in [0.2, 0.25) is 5.91 Å². The minimum atomic E-state index is -0.894. The van der Waals surface area contributed by atoms with E-state index in [0.717, 1.165) is 12.1 Å². The Kier molecular flexibility index (Phi) is 3.57. The van der Waals surface area contributed by atoms with Crippen LogP contribution < -0.4 is 16.8 Å². The summed E-state index contributed by atoms with van der Waals surface area (Å²) in [4.78, 5) is 22.1. The molecule has 0 aliphatic heterocycles. The standard InChI is InChI=1S/C10H12FN3O2/c1-5(12)10(16)14-6-2-3-8(11)7(4-6)9(13)15/h2-5H,12H2,1H3,(H2,13,15)(H,14,16)/t5-/m0/s1. The summed E-state index contributed by atoms with van der Waals surface area (Å²) in [6.45, 7) is 1.51. The Morgan fingerprint density at radius 2 is 2.06 bits per heavy atom. The molecule has 0 heterocycles. The van der Waals surface area contributed by atoms with Gasteiger partial charge in [-0.2, -0.15) is 0 Å². The van der Waals surface area contributed by atoms with Gasteiger partial charge in [-0.3, -0.25) is 9.59 Å². The molecule has 0 radical (unpaired) electrons. The number of hydrogen-bond donors (Lipinski definition) is 3. The topological polar surface area (TPSA) is 98.2 Å². The number of amides is 2. The SMILES string of the molecule is C[C@H](N)C(=O)Nc1ccc(F)c(C(N)=O)c1. The number of halogens is 1. The van der Waals surface area contributed by atoms with Crippen LogP contribution in [0.3, 0.4) is 0 Å². The number of benzene rings is 1. The van der Waals surface area contributed by atoms with E-state index in [9.17, 15) is 14.0 Å². The minimum Gasteiger partial charge on any atom is -0.366 e. The number of carbonyl (C=O) groups is 2. The molecule has 86 valence electrons. The number of hydrogen-bond acceptors (Lipinski definition) is 3. The minimum absolute atomic E-state index is 0.275. The quantitative estimate of drug-likeness (QED) is 0.685. The lowest BCUT2D eigenvalue weighted by Crippen LogP contribution is -2.32. The second-order valence-electron chi connectivity index (χ2n) is 3.34. The van der Waals surface area contributed by atoms with Crippen molar-refractivity contribution in [2.45, 2.75) is 13.0 Å². The van der Waals surface area contributed by atoms with Crippen LogP contribution in [-0.2, 0) is 4.79 Å². The number of primary amides is 1. The molecule has 0 aromatic heterocycles. The molecule has 5 N–H and O–H groups in total. The summed E-state index contributed by atoms with van der Waals surface area (Å²) < 4.78 is 13.1. The molecule has 0 saturated heterocycles. The van der Waals surface area contributed by atoms with Crippen molar-refractivity contribution in [3.8, 4) is 0 Å². The molecule has 1 aromatic rings. The van der Waals surface area contributed by atoms with E-state index in [-0.39, 0.29) is 11.3 Å². The van der Waals surface area contributed by atoms with Gasteiger partial charge in [0.05, 0.1) is 11.6 Å². The van der Waals surface area contributed by atoms with Gasteiger partial charge in [0.15, 0.2) is 0 Å². The molecule has 0 fully saturated rings. The van der Waals surface area contributed by atoms with E-state index in [2.05, 4.69) is 5.32 Å². The molecule has 2 amide bonds. The van der Waals surface area contributed by atoms with Gasteiger partial charge in [-0.1, -0.05) is 0 Å². The van der Waals surface area contributed by atoms with E-state index in [1.54, 1.807) is 0 Å². The molecule has 0 spiro atoms. The highest BCUT2D eigenvalue weighted by molar-refractivity contribution is 5.97. The summed E-state index contributed by atoms with van der Waals surface area (Å²) in [6.07, 6.45) is 0. The summed E-state index contributed by atoms with van der Waals surface area (Å²) in [6, 6.07) is 2.85. The zero-order valence-corrected chi connectivity index (χ0v) is 8.66. The van der Waals surface area contributed by atoms with E-state index in [1.807, 2.05) is 0 Å². The Morgan fingerprint density at radius 1 is 1.44 bits per heavy atom. The van der Waals surface area contributed by atoms with Crippen LogP contribution in [-0.4, -0.2) is 17.9 Å². The first-order valence-corrected chi connectivity index (χ1v) is 4.57. The summed E-state index contributed by atoms with van der Waals surface area (Å²) in [7, 11) is 0. The fraction of sp³-hybridized carbons (Fsp3) is 0.200. The molecule has 0 aliphatic carbocycles. The highest BCUT2D eigenvalue weighted by Gasteiger charge is 2.12. The van der Waals surface area contributed by atoms with Crippen molar-refractivity contribution >= 4 is 17.5 Å². The maximum absolute atomic E-state index is 13.1. The maximum atomic E-state index is 13.1. The van der Waals surface area contributed by atoms with Gasteiger partial charge in [-0.25, -0.2) is 4.39 Å². The average Bonchev–Trinajstić information content (AvgIpc) is 2.20.